The molecule has 6 nitrogen and oxygen atoms in total. The van der Waals surface area contributed by atoms with Crippen molar-refractivity contribution in [2.45, 2.75) is 70.9 Å². The average Bonchev–Trinajstić information content (AvgIpc) is 2.53. The third-order valence-electron chi connectivity index (χ3n) is 6.52. The van der Waals surface area contributed by atoms with Crippen molar-refractivity contribution in [1.29, 1.82) is 0 Å². The maximum atomic E-state index is 12.7. The molecule has 2 bridgehead atoms. The standard InChI is InChI=1S/C19H35N3O3S.ClH/c1-13(2)12-26(24,25)22-8-6-17(7-9-22)21-19(23)16-10-14-4-3-5-15(11-16)18(14)20;/h13-18H,3-12,20H2,1-2H3,(H,21,23);1H. The van der Waals surface area contributed by atoms with Gasteiger partial charge in [-0.3, -0.25) is 4.79 Å². The van der Waals surface area contributed by atoms with Gasteiger partial charge in [-0.25, -0.2) is 12.7 Å². The molecule has 2 atom stereocenters. The highest BCUT2D eigenvalue weighted by atomic mass is 35.5. The molecule has 0 aromatic heterocycles. The first-order chi connectivity index (χ1) is 12.3. The lowest BCUT2D eigenvalue weighted by molar-refractivity contribution is -0.128. The predicted octanol–water partition coefficient (Wildman–Crippen LogP) is 2.13. The van der Waals surface area contributed by atoms with Crippen molar-refractivity contribution in [3.05, 3.63) is 0 Å². The van der Waals surface area contributed by atoms with Gasteiger partial charge < -0.3 is 11.1 Å². The van der Waals surface area contributed by atoms with Gasteiger partial charge in [0, 0.05) is 31.1 Å². The highest BCUT2D eigenvalue weighted by Crippen LogP contribution is 2.42. The Bertz CT molecular complexity index is 591. The minimum Gasteiger partial charge on any atom is -0.353 e. The highest BCUT2D eigenvalue weighted by molar-refractivity contribution is 7.89. The smallest absolute Gasteiger partial charge is 0.223 e. The van der Waals surface area contributed by atoms with E-state index < -0.39 is 10.0 Å². The minimum atomic E-state index is -3.16. The summed E-state index contributed by atoms with van der Waals surface area (Å²) in [6.45, 7) is 4.88. The summed E-state index contributed by atoms with van der Waals surface area (Å²) in [6.07, 6.45) is 6.84. The van der Waals surface area contributed by atoms with Gasteiger partial charge in [0.15, 0.2) is 0 Å². The lowest BCUT2D eigenvalue weighted by Gasteiger charge is -2.44. The van der Waals surface area contributed by atoms with Gasteiger partial charge in [0.2, 0.25) is 15.9 Å². The van der Waals surface area contributed by atoms with E-state index in [1.807, 2.05) is 13.8 Å². The van der Waals surface area contributed by atoms with Crippen molar-refractivity contribution in [2.24, 2.45) is 29.4 Å². The molecule has 3 N–H and O–H groups in total. The first-order valence-corrected chi connectivity index (χ1v) is 11.9. The van der Waals surface area contributed by atoms with Crippen molar-refractivity contribution < 1.29 is 13.2 Å². The number of amides is 1. The Kier molecular flexibility index (Phi) is 7.99. The minimum absolute atomic E-state index is 0. The van der Waals surface area contributed by atoms with Gasteiger partial charge in [-0.15, -0.1) is 12.4 Å². The molecule has 1 saturated heterocycles. The first kappa shape index (κ1) is 22.9. The Morgan fingerprint density at radius 2 is 1.67 bits per heavy atom. The number of nitrogens with two attached hydrogens (primary N) is 1. The van der Waals surface area contributed by atoms with Gasteiger partial charge in [0.25, 0.3) is 0 Å². The summed E-state index contributed by atoms with van der Waals surface area (Å²) in [5, 5.41) is 3.20. The van der Waals surface area contributed by atoms with Crippen LogP contribution in [0.5, 0.6) is 0 Å². The summed E-state index contributed by atoms with van der Waals surface area (Å²) in [7, 11) is -3.16. The third-order valence-corrected chi connectivity index (χ3v) is 8.76. The Morgan fingerprint density at radius 1 is 1.11 bits per heavy atom. The van der Waals surface area contributed by atoms with Crippen molar-refractivity contribution in [3.8, 4) is 0 Å². The van der Waals surface area contributed by atoms with Crippen LogP contribution in [0.2, 0.25) is 0 Å². The van der Waals surface area contributed by atoms with E-state index >= 15 is 0 Å². The molecule has 1 aliphatic heterocycles. The second-order valence-corrected chi connectivity index (χ2v) is 11.1. The van der Waals surface area contributed by atoms with Crippen LogP contribution in [0.1, 0.15) is 58.8 Å². The quantitative estimate of drug-likeness (QED) is 0.711. The summed E-state index contributed by atoms with van der Waals surface area (Å²) >= 11 is 0. The number of piperidine rings is 1. The van der Waals surface area contributed by atoms with E-state index in [0.29, 0.717) is 37.8 Å². The topological polar surface area (TPSA) is 92.5 Å². The zero-order valence-electron chi connectivity index (χ0n) is 16.6. The van der Waals surface area contributed by atoms with Gasteiger partial charge in [0.1, 0.15) is 0 Å². The van der Waals surface area contributed by atoms with E-state index in [9.17, 15) is 13.2 Å². The lowest BCUT2D eigenvalue weighted by Crippen LogP contribution is -2.52. The molecule has 2 saturated carbocycles. The highest BCUT2D eigenvalue weighted by Gasteiger charge is 2.41. The van der Waals surface area contributed by atoms with Crippen molar-refractivity contribution >= 4 is 28.3 Å². The van der Waals surface area contributed by atoms with E-state index in [0.717, 1.165) is 25.7 Å². The molecule has 27 heavy (non-hydrogen) atoms. The molecule has 1 amide bonds. The molecule has 158 valence electrons. The summed E-state index contributed by atoms with van der Waals surface area (Å²) in [5.41, 5.74) is 6.33. The van der Waals surface area contributed by atoms with Crippen LogP contribution in [-0.2, 0) is 14.8 Å². The van der Waals surface area contributed by atoms with E-state index in [2.05, 4.69) is 5.32 Å². The van der Waals surface area contributed by atoms with Gasteiger partial charge in [-0.1, -0.05) is 20.3 Å². The summed E-state index contributed by atoms with van der Waals surface area (Å²) in [4.78, 5) is 12.7. The van der Waals surface area contributed by atoms with E-state index in [4.69, 9.17) is 5.73 Å². The summed E-state index contributed by atoms with van der Waals surface area (Å²) in [6, 6.07) is 0.380. The summed E-state index contributed by atoms with van der Waals surface area (Å²) in [5.74, 6) is 1.59. The molecule has 0 radical (unpaired) electrons. The number of nitrogens with one attached hydrogen (secondary N) is 1. The largest absolute Gasteiger partial charge is 0.353 e. The molecular weight excluding hydrogens is 386 g/mol. The number of hydrogen-bond acceptors (Lipinski definition) is 4. The van der Waals surface area contributed by atoms with Crippen molar-refractivity contribution in [1.82, 2.24) is 9.62 Å². The average molecular weight is 422 g/mol. The third kappa shape index (κ3) is 5.58. The Morgan fingerprint density at radius 3 is 2.19 bits per heavy atom. The van der Waals surface area contributed by atoms with Gasteiger partial charge >= 0.3 is 0 Å². The van der Waals surface area contributed by atoms with Gasteiger partial charge in [0.05, 0.1) is 5.75 Å². The molecule has 0 aromatic rings. The fourth-order valence-corrected chi connectivity index (χ4v) is 6.95. The zero-order chi connectivity index (χ0) is 18.9. The second kappa shape index (κ2) is 9.42. The van der Waals surface area contributed by atoms with Crippen LogP contribution >= 0.6 is 12.4 Å². The normalized spacial score (nSPS) is 32.7. The molecule has 2 unspecified atom stereocenters. The molecule has 1 heterocycles. The number of rotatable bonds is 5. The molecule has 8 heteroatoms. The van der Waals surface area contributed by atoms with Crippen LogP contribution in [-0.4, -0.2) is 49.6 Å². The number of carbonyl (C=O) groups is 1. The van der Waals surface area contributed by atoms with Crippen LogP contribution in [0, 0.1) is 23.7 Å². The van der Waals surface area contributed by atoms with Crippen LogP contribution in [0.25, 0.3) is 0 Å². The zero-order valence-corrected chi connectivity index (χ0v) is 18.2. The van der Waals surface area contributed by atoms with Crippen LogP contribution in [0.3, 0.4) is 0 Å². The van der Waals surface area contributed by atoms with Crippen LogP contribution in [0.15, 0.2) is 0 Å². The maximum Gasteiger partial charge on any atom is 0.223 e. The molecule has 2 aliphatic carbocycles. The van der Waals surface area contributed by atoms with Gasteiger partial charge in [-0.2, -0.15) is 0 Å². The number of hydrogen-bond donors (Lipinski definition) is 2. The van der Waals surface area contributed by atoms with Crippen molar-refractivity contribution in [3.63, 3.8) is 0 Å². The molecule has 3 aliphatic rings. The lowest BCUT2D eigenvalue weighted by atomic mass is 9.65. The Hall–Kier alpha value is -0.370. The Labute approximate surface area is 170 Å². The maximum absolute atomic E-state index is 12.7. The van der Waals surface area contributed by atoms with Crippen LogP contribution in [0.4, 0.5) is 0 Å². The fourth-order valence-electron chi connectivity index (χ4n) is 5.13. The summed E-state index contributed by atoms with van der Waals surface area (Å²) < 4.78 is 26.3. The number of carbonyl (C=O) groups excluding carboxylic acids is 1. The SMILES string of the molecule is CC(C)CS(=O)(=O)N1CCC(NC(=O)C2CC3CCCC(C2)C3N)CC1.Cl. The fraction of sp³-hybridized carbons (Fsp3) is 0.947. The first-order valence-electron chi connectivity index (χ1n) is 10.3. The van der Waals surface area contributed by atoms with Crippen LogP contribution < -0.4 is 11.1 Å². The predicted molar refractivity (Wildman–Crippen MR) is 110 cm³/mol. The number of sulfonamides is 1. The van der Waals surface area contributed by atoms with E-state index in [-0.39, 0.29) is 48.0 Å². The number of nitrogens with zero attached hydrogens (tertiary/aromatic N) is 1. The van der Waals surface area contributed by atoms with Crippen molar-refractivity contribution in [2.75, 3.05) is 18.8 Å². The molecule has 3 rings (SSSR count). The molecule has 0 aromatic carbocycles. The number of halogens is 1. The molecule has 0 spiro atoms. The van der Waals surface area contributed by atoms with E-state index in [1.165, 1.54) is 6.42 Å². The molecule has 3 fully saturated rings. The monoisotopic (exact) mass is 421 g/mol. The number of fused-ring (bicyclic) bond motifs is 2. The van der Waals surface area contributed by atoms with Gasteiger partial charge in [-0.05, 0) is 56.3 Å². The Balaban J connectivity index is 0.00000261. The van der Waals surface area contributed by atoms with E-state index in [1.54, 1.807) is 4.31 Å². The second-order valence-electron chi connectivity index (χ2n) is 9.05. The molecular formula is C19H36ClN3O3S.